The van der Waals surface area contributed by atoms with Gasteiger partial charge in [0.1, 0.15) is 5.72 Å². The minimum absolute atomic E-state index is 0.140. The van der Waals surface area contributed by atoms with Crippen molar-refractivity contribution in [3.63, 3.8) is 0 Å². The van der Waals surface area contributed by atoms with Crippen molar-refractivity contribution in [3.8, 4) is 0 Å². The number of hydrogen-bond donors (Lipinski definition) is 1. The minimum Gasteiger partial charge on any atom is -0.465 e. The van der Waals surface area contributed by atoms with Crippen LogP contribution in [0, 0.1) is 0 Å². The van der Waals surface area contributed by atoms with Crippen LogP contribution in [0.2, 0.25) is 0 Å². The molecule has 0 radical (unpaired) electrons. The Morgan fingerprint density at radius 2 is 1.48 bits per heavy atom. The third kappa shape index (κ3) is 5.15. The molecule has 1 heterocycles. The second-order valence-electron chi connectivity index (χ2n) is 8.89. The fraction of sp³-hybridized carbons (Fsp3) is 0.286. The van der Waals surface area contributed by atoms with Gasteiger partial charge < -0.3 is 9.84 Å². The molecular weight excluding hydrogens is 412 g/mol. The predicted octanol–water partition coefficient (Wildman–Crippen LogP) is 6.29. The van der Waals surface area contributed by atoms with E-state index in [4.69, 9.17) is 9.73 Å². The van der Waals surface area contributed by atoms with Gasteiger partial charge in [0.2, 0.25) is 0 Å². The van der Waals surface area contributed by atoms with E-state index in [1.165, 1.54) is 4.90 Å². The Morgan fingerprint density at radius 3 is 2.00 bits per heavy atom. The summed E-state index contributed by atoms with van der Waals surface area (Å²) in [6.07, 6.45) is 0.401. The predicted molar refractivity (Wildman–Crippen MR) is 131 cm³/mol. The molecule has 1 N–H and O–H groups in total. The van der Waals surface area contributed by atoms with Crippen LogP contribution in [0.4, 0.5) is 10.5 Å². The zero-order chi connectivity index (χ0) is 23.4. The first kappa shape index (κ1) is 22.7. The molecule has 3 aromatic rings. The highest BCUT2D eigenvalue weighted by Crippen LogP contribution is 2.34. The maximum Gasteiger partial charge on any atom is 0.409 e. The largest absolute Gasteiger partial charge is 0.465 e. The summed E-state index contributed by atoms with van der Waals surface area (Å²) in [5.41, 5.74) is 4.29. The van der Waals surface area contributed by atoms with E-state index in [1.807, 2.05) is 69.3 Å². The van der Waals surface area contributed by atoms with Crippen molar-refractivity contribution in [2.45, 2.75) is 51.5 Å². The molecule has 5 heteroatoms. The Labute approximate surface area is 195 Å². The average Bonchev–Trinajstić information content (AvgIpc) is 3.05. The van der Waals surface area contributed by atoms with Crippen LogP contribution in [-0.2, 0) is 11.2 Å². The van der Waals surface area contributed by atoms with Crippen LogP contribution < -0.4 is 0 Å². The fourth-order valence-electron chi connectivity index (χ4n) is 4.60. The molecule has 1 aliphatic heterocycles. The molecule has 1 fully saturated rings. The zero-order valence-corrected chi connectivity index (χ0v) is 19.3. The highest BCUT2D eigenvalue weighted by molar-refractivity contribution is 6.13. The topological polar surface area (TPSA) is 62.1 Å². The molecule has 0 bridgehead atoms. The lowest BCUT2D eigenvalue weighted by Crippen LogP contribution is -2.47. The van der Waals surface area contributed by atoms with E-state index in [9.17, 15) is 9.90 Å². The summed E-state index contributed by atoms with van der Waals surface area (Å²) >= 11 is 0. The molecule has 1 aliphatic rings. The summed E-state index contributed by atoms with van der Waals surface area (Å²) < 4.78 is 5.90. The molecule has 0 spiro atoms. The second-order valence-corrected chi connectivity index (χ2v) is 8.89. The molecule has 1 amide bonds. The first-order valence-electron chi connectivity index (χ1n) is 11.3. The zero-order valence-electron chi connectivity index (χ0n) is 19.3. The molecule has 33 heavy (non-hydrogen) atoms. The summed E-state index contributed by atoms with van der Waals surface area (Å²) in [5.74, 6) is 0. The fourth-order valence-corrected chi connectivity index (χ4v) is 4.60. The van der Waals surface area contributed by atoms with Gasteiger partial charge in [-0.25, -0.2) is 9.79 Å². The summed E-state index contributed by atoms with van der Waals surface area (Å²) in [7, 11) is 0. The van der Waals surface area contributed by atoms with Crippen LogP contribution in [-0.4, -0.2) is 39.7 Å². The number of aliphatic imine (C=N–C) groups is 1. The lowest BCUT2D eigenvalue weighted by Gasteiger charge is -2.31. The Kier molecular flexibility index (Phi) is 6.61. The van der Waals surface area contributed by atoms with Crippen LogP contribution in [0.1, 0.15) is 43.9 Å². The van der Waals surface area contributed by atoms with Crippen molar-refractivity contribution in [2.75, 3.05) is 0 Å². The monoisotopic (exact) mass is 442 g/mol. The van der Waals surface area contributed by atoms with E-state index in [0.29, 0.717) is 6.42 Å². The van der Waals surface area contributed by atoms with Crippen molar-refractivity contribution in [1.82, 2.24) is 4.90 Å². The maximum atomic E-state index is 11.8. The number of aryl methyl sites for hydroxylation is 1. The van der Waals surface area contributed by atoms with Gasteiger partial charge in [-0.05, 0) is 51.3 Å². The van der Waals surface area contributed by atoms with E-state index < -0.39 is 11.8 Å². The van der Waals surface area contributed by atoms with E-state index in [2.05, 4.69) is 36.4 Å². The van der Waals surface area contributed by atoms with Crippen LogP contribution in [0.5, 0.6) is 0 Å². The number of nitrogens with zero attached hydrogens (tertiary/aromatic N) is 2. The molecule has 5 nitrogen and oxygen atoms in total. The Hall–Kier alpha value is -3.44. The van der Waals surface area contributed by atoms with E-state index in [1.54, 1.807) is 0 Å². The van der Waals surface area contributed by atoms with Gasteiger partial charge in [0.25, 0.3) is 0 Å². The molecule has 0 aliphatic carbocycles. The van der Waals surface area contributed by atoms with Gasteiger partial charge in [-0.3, -0.25) is 4.90 Å². The Bertz CT molecular complexity index is 1070. The van der Waals surface area contributed by atoms with Gasteiger partial charge in [0.05, 0.1) is 23.5 Å². The highest BCUT2D eigenvalue weighted by Gasteiger charge is 2.47. The molecule has 1 saturated heterocycles. The second kappa shape index (κ2) is 9.59. The van der Waals surface area contributed by atoms with Gasteiger partial charge in [-0.1, -0.05) is 72.8 Å². The van der Waals surface area contributed by atoms with Crippen molar-refractivity contribution in [2.24, 2.45) is 4.99 Å². The quantitative estimate of drug-likeness (QED) is 0.456. The molecule has 0 saturated carbocycles. The molecule has 0 unspecified atom stereocenters. The number of amides is 1. The number of carboxylic acid groups (broad SMARTS) is 1. The van der Waals surface area contributed by atoms with Crippen LogP contribution in [0.3, 0.4) is 0 Å². The van der Waals surface area contributed by atoms with Gasteiger partial charge >= 0.3 is 6.09 Å². The van der Waals surface area contributed by atoms with Gasteiger partial charge in [0.15, 0.2) is 0 Å². The molecule has 4 rings (SSSR count). The van der Waals surface area contributed by atoms with E-state index in [0.717, 1.165) is 34.5 Å². The normalized spacial score (nSPS) is 19.3. The molecule has 2 atom stereocenters. The maximum absolute atomic E-state index is 11.8. The molecule has 3 aromatic carbocycles. The van der Waals surface area contributed by atoms with Crippen molar-refractivity contribution in [3.05, 3.63) is 102 Å². The summed E-state index contributed by atoms with van der Waals surface area (Å²) in [5, 5.41) is 9.67. The van der Waals surface area contributed by atoms with Gasteiger partial charge in [-0.15, -0.1) is 0 Å². The lowest BCUT2D eigenvalue weighted by atomic mass is 10.0. The van der Waals surface area contributed by atoms with Crippen molar-refractivity contribution < 1.29 is 14.6 Å². The Morgan fingerprint density at radius 1 is 0.939 bits per heavy atom. The molecule has 0 aromatic heterocycles. The SMILES string of the molecule is C[C@@H]1OC(C)(C)N(C(=O)O)[C@H]1CCc1ccc(N=C(c2ccccc2)c2ccccc2)cc1. The summed E-state index contributed by atoms with van der Waals surface area (Å²) in [6, 6.07) is 28.4. The number of benzene rings is 3. The van der Waals surface area contributed by atoms with E-state index in [-0.39, 0.29) is 12.1 Å². The number of hydrogen-bond acceptors (Lipinski definition) is 3. The van der Waals surface area contributed by atoms with Gasteiger partial charge in [-0.2, -0.15) is 0 Å². The number of carbonyl (C=O) groups is 1. The van der Waals surface area contributed by atoms with Crippen molar-refractivity contribution >= 4 is 17.5 Å². The first-order valence-corrected chi connectivity index (χ1v) is 11.3. The average molecular weight is 443 g/mol. The third-order valence-corrected chi connectivity index (χ3v) is 6.13. The number of ether oxygens (including phenoxy) is 1. The third-order valence-electron chi connectivity index (χ3n) is 6.13. The lowest BCUT2D eigenvalue weighted by molar-refractivity contribution is -0.0619. The van der Waals surface area contributed by atoms with Gasteiger partial charge in [0, 0.05) is 11.1 Å². The van der Waals surface area contributed by atoms with Crippen LogP contribution in [0.25, 0.3) is 0 Å². The van der Waals surface area contributed by atoms with E-state index >= 15 is 0 Å². The minimum atomic E-state index is -0.937. The van der Waals surface area contributed by atoms with Crippen LogP contribution in [0.15, 0.2) is 89.9 Å². The molecular formula is C28H30N2O3. The first-order chi connectivity index (χ1) is 15.8. The van der Waals surface area contributed by atoms with Crippen molar-refractivity contribution in [1.29, 1.82) is 0 Å². The van der Waals surface area contributed by atoms with Crippen LogP contribution >= 0.6 is 0 Å². The summed E-state index contributed by atoms with van der Waals surface area (Å²) in [4.78, 5) is 18.2. The Balaban J connectivity index is 1.52. The summed E-state index contributed by atoms with van der Waals surface area (Å²) in [6.45, 7) is 5.56. The smallest absolute Gasteiger partial charge is 0.409 e. The standard InChI is InChI=1S/C28H30N2O3/c1-20-25(30(27(31)32)28(2,3)33-20)19-16-21-14-17-24(18-15-21)29-26(22-10-6-4-7-11-22)23-12-8-5-9-13-23/h4-15,17-18,20,25H,16,19H2,1-3H3,(H,31,32)/t20-,25-/m0/s1. The molecule has 170 valence electrons. The number of rotatable bonds is 6. The highest BCUT2D eigenvalue weighted by atomic mass is 16.6.